The number of anilines is 1. The topological polar surface area (TPSA) is 54.6 Å². The van der Waals surface area contributed by atoms with Crippen molar-refractivity contribution in [2.45, 2.75) is 26.2 Å². The largest absolute Gasteiger partial charge is 0.478 e. The molecule has 1 aromatic rings. The molecule has 0 radical (unpaired) electrons. The Hall–Kier alpha value is -1.33. The number of aromatic nitrogens is 1. The highest BCUT2D eigenvalue weighted by molar-refractivity contribution is 5.40. The van der Waals surface area contributed by atoms with Crippen LogP contribution in [0.15, 0.2) is 18.2 Å². The molecule has 0 unspecified atom stereocenters. The van der Waals surface area contributed by atoms with E-state index in [1.807, 2.05) is 19.1 Å². The Morgan fingerprint density at radius 1 is 1.19 bits per heavy atom. The first-order chi connectivity index (χ1) is 10.3. The molecular formula is C16H28N4O. The molecule has 1 aliphatic heterocycles. The Morgan fingerprint density at radius 3 is 2.90 bits per heavy atom. The van der Waals surface area contributed by atoms with Gasteiger partial charge in [-0.05, 0) is 51.9 Å². The molecule has 0 saturated carbocycles. The first kappa shape index (κ1) is 16.0. The smallest absolute Gasteiger partial charge is 0.215 e. The van der Waals surface area contributed by atoms with Gasteiger partial charge >= 0.3 is 0 Å². The van der Waals surface area contributed by atoms with Crippen molar-refractivity contribution in [2.75, 3.05) is 50.8 Å². The van der Waals surface area contributed by atoms with Crippen LogP contribution in [0.4, 0.5) is 5.82 Å². The van der Waals surface area contributed by atoms with Gasteiger partial charge in [-0.2, -0.15) is 4.98 Å². The van der Waals surface area contributed by atoms with Crippen molar-refractivity contribution < 1.29 is 4.74 Å². The van der Waals surface area contributed by atoms with E-state index >= 15 is 0 Å². The fourth-order valence-corrected chi connectivity index (χ4v) is 2.71. The standard InChI is InChI=1S/C16H28N4O/c1-2-21-16-8-5-7-15(18-16)20-12-6-11-19(13-14-20)10-4-3-9-17/h5,7-8H,2-4,6,9-14,17H2,1H3. The lowest BCUT2D eigenvalue weighted by molar-refractivity contribution is 0.287. The van der Waals surface area contributed by atoms with Crippen LogP contribution in [0.5, 0.6) is 5.88 Å². The third-order valence-corrected chi connectivity index (χ3v) is 3.84. The van der Waals surface area contributed by atoms with Crippen molar-refractivity contribution >= 4 is 5.82 Å². The highest BCUT2D eigenvalue weighted by Crippen LogP contribution is 2.17. The molecule has 1 aromatic heterocycles. The SMILES string of the molecule is CCOc1cccc(N2CCCN(CCCCN)CC2)n1. The quantitative estimate of drug-likeness (QED) is 0.776. The van der Waals surface area contributed by atoms with Gasteiger partial charge in [0.1, 0.15) is 5.82 Å². The number of ether oxygens (including phenoxy) is 1. The summed E-state index contributed by atoms with van der Waals surface area (Å²) >= 11 is 0. The fraction of sp³-hybridized carbons (Fsp3) is 0.688. The summed E-state index contributed by atoms with van der Waals surface area (Å²) in [7, 11) is 0. The van der Waals surface area contributed by atoms with Crippen molar-refractivity contribution in [3.05, 3.63) is 18.2 Å². The molecule has 0 aromatic carbocycles. The number of nitrogens with zero attached hydrogens (tertiary/aromatic N) is 3. The van der Waals surface area contributed by atoms with Gasteiger partial charge in [0, 0.05) is 25.7 Å². The first-order valence-corrected chi connectivity index (χ1v) is 8.10. The van der Waals surface area contributed by atoms with Gasteiger partial charge in [0.25, 0.3) is 0 Å². The third-order valence-electron chi connectivity index (χ3n) is 3.84. The fourth-order valence-electron chi connectivity index (χ4n) is 2.71. The molecule has 0 amide bonds. The van der Waals surface area contributed by atoms with E-state index in [1.165, 1.54) is 19.4 Å². The van der Waals surface area contributed by atoms with Crippen molar-refractivity contribution in [3.8, 4) is 5.88 Å². The minimum atomic E-state index is 0.658. The molecule has 118 valence electrons. The van der Waals surface area contributed by atoms with Gasteiger partial charge < -0.3 is 20.3 Å². The van der Waals surface area contributed by atoms with Crippen molar-refractivity contribution in [1.29, 1.82) is 0 Å². The van der Waals surface area contributed by atoms with Gasteiger partial charge in [-0.15, -0.1) is 0 Å². The van der Waals surface area contributed by atoms with Gasteiger partial charge in [0.05, 0.1) is 6.61 Å². The van der Waals surface area contributed by atoms with E-state index in [2.05, 4.69) is 20.9 Å². The summed E-state index contributed by atoms with van der Waals surface area (Å²) in [6.45, 7) is 8.98. The molecule has 2 N–H and O–H groups in total. The van der Waals surface area contributed by atoms with Crippen LogP contribution in [0.25, 0.3) is 0 Å². The number of hydrogen-bond donors (Lipinski definition) is 1. The summed E-state index contributed by atoms with van der Waals surface area (Å²) in [5, 5.41) is 0. The Labute approximate surface area is 128 Å². The van der Waals surface area contributed by atoms with Gasteiger partial charge in [-0.1, -0.05) is 6.07 Å². The lowest BCUT2D eigenvalue weighted by atomic mass is 10.3. The maximum Gasteiger partial charge on any atom is 0.215 e. The molecule has 0 bridgehead atoms. The minimum absolute atomic E-state index is 0.658. The molecule has 0 atom stereocenters. The second-order valence-electron chi connectivity index (χ2n) is 5.45. The highest BCUT2D eigenvalue weighted by atomic mass is 16.5. The Balaban J connectivity index is 1.88. The Kier molecular flexibility index (Phi) is 6.76. The number of unbranched alkanes of at least 4 members (excludes halogenated alkanes) is 1. The average molecular weight is 292 g/mol. The summed E-state index contributed by atoms with van der Waals surface area (Å²) in [6.07, 6.45) is 3.51. The number of rotatable bonds is 7. The molecule has 0 spiro atoms. The predicted octanol–water partition coefficient (Wildman–Crippen LogP) is 1.73. The van der Waals surface area contributed by atoms with Crippen LogP contribution in [-0.4, -0.2) is 55.8 Å². The van der Waals surface area contributed by atoms with E-state index in [4.69, 9.17) is 10.5 Å². The van der Waals surface area contributed by atoms with Gasteiger partial charge in [0.2, 0.25) is 5.88 Å². The Bertz CT molecular complexity index is 413. The van der Waals surface area contributed by atoms with E-state index in [0.29, 0.717) is 6.61 Å². The molecule has 5 heteroatoms. The first-order valence-electron chi connectivity index (χ1n) is 8.10. The molecule has 0 aliphatic carbocycles. The normalized spacial score (nSPS) is 16.8. The molecular weight excluding hydrogens is 264 g/mol. The molecule has 21 heavy (non-hydrogen) atoms. The summed E-state index contributed by atoms with van der Waals surface area (Å²) in [5.74, 6) is 1.75. The van der Waals surface area contributed by atoms with Crippen molar-refractivity contribution in [2.24, 2.45) is 5.73 Å². The summed E-state index contributed by atoms with van der Waals surface area (Å²) in [5.41, 5.74) is 5.56. The van der Waals surface area contributed by atoms with E-state index < -0.39 is 0 Å². The number of pyridine rings is 1. The number of nitrogens with two attached hydrogens (primary N) is 1. The molecule has 2 heterocycles. The van der Waals surface area contributed by atoms with E-state index in [0.717, 1.165) is 50.8 Å². The van der Waals surface area contributed by atoms with Crippen LogP contribution in [0.2, 0.25) is 0 Å². The molecule has 1 fully saturated rings. The number of hydrogen-bond acceptors (Lipinski definition) is 5. The van der Waals surface area contributed by atoms with Gasteiger partial charge in [0.15, 0.2) is 0 Å². The maximum atomic E-state index is 5.56. The monoisotopic (exact) mass is 292 g/mol. The van der Waals surface area contributed by atoms with Crippen LogP contribution in [-0.2, 0) is 0 Å². The van der Waals surface area contributed by atoms with Crippen LogP contribution in [0.3, 0.4) is 0 Å². The van der Waals surface area contributed by atoms with Crippen molar-refractivity contribution in [1.82, 2.24) is 9.88 Å². The Morgan fingerprint density at radius 2 is 2.10 bits per heavy atom. The lowest BCUT2D eigenvalue weighted by Gasteiger charge is -2.23. The zero-order chi connectivity index (χ0) is 14.9. The lowest BCUT2D eigenvalue weighted by Crippen LogP contribution is -2.31. The summed E-state index contributed by atoms with van der Waals surface area (Å²) in [6, 6.07) is 6.02. The molecule has 5 nitrogen and oxygen atoms in total. The second-order valence-corrected chi connectivity index (χ2v) is 5.45. The maximum absolute atomic E-state index is 5.56. The van der Waals surface area contributed by atoms with Crippen LogP contribution >= 0.6 is 0 Å². The summed E-state index contributed by atoms with van der Waals surface area (Å²) in [4.78, 5) is 9.51. The highest BCUT2D eigenvalue weighted by Gasteiger charge is 2.16. The van der Waals surface area contributed by atoms with Crippen LogP contribution in [0.1, 0.15) is 26.2 Å². The third kappa shape index (κ3) is 5.17. The minimum Gasteiger partial charge on any atom is -0.478 e. The van der Waals surface area contributed by atoms with Gasteiger partial charge in [-0.25, -0.2) is 0 Å². The van der Waals surface area contributed by atoms with Gasteiger partial charge in [-0.3, -0.25) is 0 Å². The van der Waals surface area contributed by atoms with E-state index in [9.17, 15) is 0 Å². The predicted molar refractivity (Wildman–Crippen MR) is 87.0 cm³/mol. The zero-order valence-corrected chi connectivity index (χ0v) is 13.1. The second kappa shape index (κ2) is 8.85. The molecule has 1 aliphatic rings. The van der Waals surface area contributed by atoms with E-state index in [-0.39, 0.29) is 0 Å². The van der Waals surface area contributed by atoms with Crippen molar-refractivity contribution in [3.63, 3.8) is 0 Å². The molecule has 2 rings (SSSR count). The zero-order valence-electron chi connectivity index (χ0n) is 13.1. The summed E-state index contributed by atoms with van der Waals surface area (Å²) < 4.78 is 5.50. The van der Waals surface area contributed by atoms with Crippen LogP contribution < -0.4 is 15.4 Å². The van der Waals surface area contributed by atoms with Crippen LogP contribution in [0, 0.1) is 0 Å². The van der Waals surface area contributed by atoms with E-state index in [1.54, 1.807) is 0 Å². The molecule has 1 saturated heterocycles. The average Bonchev–Trinajstić information content (AvgIpc) is 2.74.